The number of halogens is 1. The van der Waals surface area contributed by atoms with Crippen molar-refractivity contribution in [2.24, 2.45) is 17.8 Å². The molecule has 5 nitrogen and oxygen atoms in total. The first kappa shape index (κ1) is 26.0. The lowest BCUT2D eigenvalue weighted by Gasteiger charge is -2.61. The first-order chi connectivity index (χ1) is 17.6. The topological polar surface area (TPSA) is 64.6 Å². The van der Waals surface area contributed by atoms with Crippen molar-refractivity contribution in [3.05, 3.63) is 71.8 Å². The van der Waals surface area contributed by atoms with Crippen molar-refractivity contribution < 1.29 is 23.5 Å². The van der Waals surface area contributed by atoms with Gasteiger partial charge in [0.05, 0.1) is 6.61 Å². The highest BCUT2D eigenvalue weighted by atomic mass is 28.3. The molecule has 4 bridgehead atoms. The number of ether oxygens (including phenoxy) is 2. The first-order valence-electron chi connectivity index (χ1n) is 13.5. The second-order valence-corrected chi connectivity index (χ2v) is 18.2. The summed E-state index contributed by atoms with van der Waals surface area (Å²) in [7, 11) is -1.40. The van der Waals surface area contributed by atoms with Crippen LogP contribution in [0.4, 0.5) is 9.18 Å². The van der Waals surface area contributed by atoms with Gasteiger partial charge < -0.3 is 14.8 Å². The van der Waals surface area contributed by atoms with Crippen molar-refractivity contribution in [3.8, 4) is 0 Å². The van der Waals surface area contributed by atoms with Gasteiger partial charge in [0.1, 0.15) is 11.2 Å². The molecule has 0 aromatic heterocycles. The van der Waals surface area contributed by atoms with E-state index in [4.69, 9.17) is 9.47 Å². The Kier molecular flexibility index (Phi) is 6.94. The molecule has 4 aliphatic carbocycles. The maximum absolute atomic E-state index is 15.7. The van der Waals surface area contributed by atoms with Crippen LogP contribution in [0, 0.1) is 17.8 Å². The van der Waals surface area contributed by atoms with Gasteiger partial charge in [0.15, 0.2) is 6.10 Å². The lowest BCUT2D eigenvalue weighted by molar-refractivity contribution is -0.184. The number of alkyl halides is 1. The molecule has 0 heterocycles. The van der Waals surface area contributed by atoms with E-state index >= 15 is 4.39 Å². The van der Waals surface area contributed by atoms with Crippen LogP contribution in [0.3, 0.4) is 0 Å². The molecule has 1 unspecified atom stereocenters. The van der Waals surface area contributed by atoms with E-state index in [-0.39, 0.29) is 30.6 Å². The molecule has 0 radical (unpaired) electrons. The Hall–Kier alpha value is -2.67. The number of carbonyl (C=O) groups excluding carboxylic acids is 2. The standard InChI is InChI=1S/C30H38FNO4Si/c1-37(2,3)15-14-35-28(34)32-30(24-16-21-17-25(30)20-29(31,18-21)19-24)27(33)36-26(22-10-6-4-7-11-22)23-12-8-5-9-13-23/h4-13,21,24-26H,14-20H2,1-3H3,(H,32,34)/t21?,24-,25+,29-,30-. The van der Waals surface area contributed by atoms with E-state index < -0.39 is 37.4 Å². The summed E-state index contributed by atoms with van der Waals surface area (Å²) >= 11 is 0. The van der Waals surface area contributed by atoms with Crippen molar-refractivity contribution in [1.29, 1.82) is 0 Å². The van der Waals surface area contributed by atoms with Gasteiger partial charge in [-0.15, -0.1) is 0 Å². The number of carbonyl (C=O) groups is 2. The molecule has 4 fully saturated rings. The molecule has 6 rings (SSSR count). The summed E-state index contributed by atoms with van der Waals surface area (Å²) in [6.07, 6.45) is 1.29. The van der Waals surface area contributed by atoms with Crippen LogP contribution >= 0.6 is 0 Å². The summed E-state index contributed by atoms with van der Waals surface area (Å²) in [6, 6.07) is 20.1. The Balaban J connectivity index is 1.45. The fourth-order valence-corrected chi connectivity index (χ4v) is 7.66. The normalized spacial score (nSPS) is 30.2. The summed E-state index contributed by atoms with van der Waals surface area (Å²) in [5, 5.41) is 3.00. The molecule has 0 saturated heterocycles. The van der Waals surface area contributed by atoms with E-state index in [2.05, 4.69) is 25.0 Å². The predicted molar refractivity (Wildman–Crippen MR) is 144 cm³/mol. The second-order valence-electron chi connectivity index (χ2n) is 12.5. The van der Waals surface area contributed by atoms with Gasteiger partial charge in [-0.05, 0) is 67.0 Å². The molecule has 1 amide bonds. The number of nitrogens with one attached hydrogen (secondary N) is 1. The molecule has 1 N–H and O–H groups in total. The zero-order valence-corrected chi connectivity index (χ0v) is 23.0. The van der Waals surface area contributed by atoms with Gasteiger partial charge in [0, 0.05) is 8.07 Å². The van der Waals surface area contributed by atoms with Crippen LogP contribution in [0.2, 0.25) is 25.7 Å². The zero-order valence-electron chi connectivity index (χ0n) is 22.0. The lowest BCUT2D eigenvalue weighted by Crippen LogP contribution is -2.72. The highest BCUT2D eigenvalue weighted by molar-refractivity contribution is 6.76. The first-order valence-corrected chi connectivity index (χ1v) is 17.2. The third kappa shape index (κ3) is 5.33. The number of benzene rings is 2. The average molecular weight is 524 g/mol. The SMILES string of the molecule is C[Si](C)(C)CCOC(=O)N[C@]1(C(=O)OC(c2ccccc2)c2ccccc2)[C@@H]2CC3C[C@H]1C[C@@](F)(C3)C2. The molecule has 0 spiro atoms. The minimum Gasteiger partial charge on any atom is -0.451 e. The monoisotopic (exact) mass is 523 g/mol. The number of alkyl carbamates (subject to hydrolysis) is 1. The van der Waals surface area contributed by atoms with Gasteiger partial charge in [0.2, 0.25) is 0 Å². The molecule has 4 saturated carbocycles. The quantitative estimate of drug-likeness (QED) is 0.310. The van der Waals surface area contributed by atoms with Crippen LogP contribution in [0.15, 0.2) is 60.7 Å². The maximum atomic E-state index is 15.7. The molecule has 7 heteroatoms. The Morgan fingerprint density at radius 3 is 1.97 bits per heavy atom. The number of rotatable bonds is 8. The van der Waals surface area contributed by atoms with Crippen molar-refractivity contribution in [2.75, 3.05) is 6.61 Å². The zero-order chi connectivity index (χ0) is 26.3. The third-order valence-electron chi connectivity index (χ3n) is 8.56. The number of amides is 1. The Morgan fingerprint density at radius 2 is 1.49 bits per heavy atom. The van der Waals surface area contributed by atoms with Gasteiger partial charge in [-0.1, -0.05) is 80.3 Å². The van der Waals surface area contributed by atoms with Gasteiger partial charge in [-0.2, -0.15) is 0 Å². The molecule has 2 aromatic rings. The van der Waals surface area contributed by atoms with Gasteiger partial charge in [0.25, 0.3) is 0 Å². The molecule has 2 aromatic carbocycles. The maximum Gasteiger partial charge on any atom is 0.408 e. The van der Waals surface area contributed by atoms with Gasteiger partial charge in [-0.3, -0.25) is 0 Å². The molecular formula is C30H38FNO4Si. The van der Waals surface area contributed by atoms with Crippen LogP contribution < -0.4 is 5.32 Å². The van der Waals surface area contributed by atoms with Crippen molar-refractivity contribution >= 4 is 20.1 Å². The molecule has 5 atom stereocenters. The highest BCUT2D eigenvalue weighted by Crippen LogP contribution is 2.61. The molecular weight excluding hydrogens is 485 g/mol. The van der Waals surface area contributed by atoms with E-state index in [9.17, 15) is 9.59 Å². The van der Waals surface area contributed by atoms with Gasteiger partial charge >= 0.3 is 12.1 Å². The highest BCUT2D eigenvalue weighted by Gasteiger charge is 2.67. The Labute approximate surface area is 220 Å². The van der Waals surface area contributed by atoms with Crippen LogP contribution in [0.5, 0.6) is 0 Å². The number of hydrogen-bond acceptors (Lipinski definition) is 4. The smallest absolute Gasteiger partial charge is 0.408 e. The van der Waals surface area contributed by atoms with E-state index in [0.717, 1.165) is 17.2 Å². The van der Waals surface area contributed by atoms with Crippen LogP contribution in [-0.2, 0) is 14.3 Å². The Morgan fingerprint density at radius 1 is 0.946 bits per heavy atom. The lowest BCUT2D eigenvalue weighted by atomic mass is 9.47. The fourth-order valence-electron chi connectivity index (χ4n) is 6.94. The van der Waals surface area contributed by atoms with E-state index in [1.165, 1.54) is 0 Å². The second kappa shape index (κ2) is 9.90. The summed E-state index contributed by atoms with van der Waals surface area (Å²) in [5.41, 5.74) is -0.853. The van der Waals surface area contributed by atoms with Crippen molar-refractivity contribution in [2.45, 2.75) is 75.1 Å². The predicted octanol–water partition coefficient (Wildman–Crippen LogP) is 6.67. The summed E-state index contributed by atoms with van der Waals surface area (Å²) in [5.74, 6) is -0.863. The third-order valence-corrected chi connectivity index (χ3v) is 10.3. The Bertz CT molecular complexity index is 1060. The van der Waals surface area contributed by atoms with Crippen LogP contribution in [-0.4, -0.2) is 38.0 Å². The molecule has 4 aliphatic rings. The van der Waals surface area contributed by atoms with Crippen LogP contribution in [0.1, 0.15) is 49.3 Å². The van der Waals surface area contributed by atoms with Crippen molar-refractivity contribution in [1.82, 2.24) is 5.32 Å². The number of esters is 1. The van der Waals surface area contributed by atoms with E-state index in [1.807, 2.05) is 60.7 Å². The van der Waals surface area contributed by atoms with E-state index in [0.29, 0.717) is 25.9 Å². The van der Waals surface area contributed by atoms with Crippen LogP contribution in [0.25, 0.3) is 0 Å². The largest absolute Gasteiger partial charge is 0.451 e. The fraction of sp³-hybridized carbons (Fsp3) is 0.533. The van der Waals surface area contributed by atoms with Gasteiger partial charge in [-0.25, -0.2) is 14.0 Å². The number of hydrogen-bond donors (Lipinski definition) is 1. The summed E-state index contributed by atoms with van der Waals surface area (Å²) < 4.78 is 27.6. The molecule has 198 valence electrons. The van der Waals surface area contributed by atoms with Crippen molar-refractivity contribution in [3.63, 3.8) is 0 Å². The summed E-state index contributed by atoms with van der Waals surface area (Å²) in [6.45, 7) is 6.98. The molecule has 0 aliphatic heterocycles. The minimum absolute atomic E-state index is 0.243. The van der Waals surface area contributed by atoms with E-state index in [1.54, 1.807) is 0 Å². The minimum atomic E-state index is -1.40. The average Bonchev–Trinajstić information content (AvgIpc) is 2.84. The molecule has 37 heavy (non-hydrogen) atoms. The summed E-state index contributed by atoms with van der Waals surface area (Å²) in [4.78, 5) is 27.4.